The van der Waals surface area contributed by atoms with Gasteiger partial charge in [-0.1, -0.05) is 30.3 Å². The van der Waals surface area contributed by atoms with Crippen molar-refractivity contribution in [3.05, 3.63) is 64.7 Å². The van der Waals surface area contributed by atoms with Crippen LogP contribution in [0.4, 0.5) is 0 Å². The SMILES string of the molecule is Cc1ccccc1CS(=O)(=O)c1cc(C(=O)O)ccc1C. The molecule has 0 heterocycles. The normalized spacial score (nSPS) is 11.3. The molecule has 0 spiro atoms. The highest BCUT2D eigenvalue weighted by molar-refractivity contribution is 7.90. The molecule has 0 aliphatic heterocycles. The highest BCUT2D eigenvalue weighted by atomic mass is 32.2. The fraction of sp³-hybridized carbons (Fsp3) is 0.188. The van der Waals surface area contributed by atoms with Crippen molar-refractivity contribution in [1.29, 1.82) is 0 Å². The second-order valence-corrected chi connectivity index (χ2v) is 6.93. The zero-order valence-corrected chi connectivity index (χ0v) is 12.6. The first-order chi connectivity index (χ1) is 9.81. The summed E-state index contributed by atoms with van der Waals surface area (Å²) in [5, 5.41) is 9.00. The van der Waals surface area contributed by atoms with Gasteiger partial charge in [0, 0.05) is 0 Å². The number of aromatic carboxylic acids is 1. The number of carbonyl (C=O) groups is 1. The summed E-state index contributed by atoms with van der Waals surface area (Å²) in [5.74, 6) is -1.27. The van der Waals surface area contributed by atoms with Crippen molar-refractivity contribution in [3.63, 3.8) is 0 Å². The first kappa shape index (κ1) is 15.3. The van der Waals surface area contributed by atoms with E-state index in [0.29, 0.717) is 5.56 Å². The van der Waals surface area contributed by atoms with Crippen molar-refractivity contribution >= 4 is 15.8 Å². The predicted molar refractivity (Wildman–Crippen MR) is 80.2 cm³/mol. The second kappa shape index (κ2) is 5.69. The summed E-state index contributed by atoms with van der Waals surface area (Å²) in [6.45, 7) is 3.52. The number of aryl methyl sites for hydroxylation is 2. The molecule has 110 valence electrons. The molecule has 0 fully saturated rings. The van der Waals surface area contributed by atoms with Gasteiger partial charge in [-0.05, 0) is 42.7 Å². The number of carboxylic acid groups (broad SMARTS) is 1. The molecule has 0 saturated carbocycles. The second-order valence-electron chi connectivity index (χ2n) is 4.97. The van der Waals surface area contributed by atoms with Gasteiger partial charge >= 0.3 is 5.97 Å². The molecule has 5 heteroatoms. The van der Waals surface area contributed by atoms with Crippen LogP contribution in [0.1, 0.15) is 27.0 Å². The van der Waals surface area contributed by atoms with E-state index in [9.17, 15) is 13.2 Å². The van der Waals surface area contributed by atoms with Crippen LogP contribution in [-0.2, 0) is 15.6 Å². The third-order valence-corrected chi connectivity index (χ3v) is 5.18. The van der Waals surface area contributed by atoms with Crippen LogP contribution < -0.4 is 0 Å². The van der Waals surface area contributed by atoms with E-state index in [1.807, 2.05) is 19.1 Å². The lowest BCUT2D eigenvalue weighted by molar-refractivity contribution is 0.0696. The van der Waals surface area contributed by atoms with E-state index in [1.54, 1.807) is 19.1 Å². The maximum Gasteiger partial charge on any atom is 0.335 e. The van der Waals surface area contributed by atoms with Crippen LogP contribution in [0.5, 0.6) is 0 Å². The maximum atomic E-state index is 12.6. The molecule has 0 saturated heterocycles. The van der Waals surface area contributed by atoms with Gasteiger partial charge < -0.3 is 5.11 Å². The molecule has 21 heavy (non-hydrogen) atoms. The average Bonchev–Trinajstić information content (AvgIpc) is 2.41. The van der Waals surface area contributed by atoms with Gasteiger partial charge in [0.2, 0.25) is 0 Å². The first-order valence-electron chi connectivity index (χ1n) is 6.42. The zero-order chi connectivity index (χ0) is 15.6. The van der Waals surface area contributed by atoms with Crippen LogP contribution in [0.3, 0.4) is 0 Å². The molecule has 0 radical (unpaired) electrons. The molecular formula is C16H16O4S. The topological polar surface area (TPSA) is 71.4 Å². The van der Waals surface area contributed by atoms with E-state index in [0.717, 1.165) is 11.1 Å². The zero-order valence-electron chi connectivity index (χ0n) is 11.8. The standard InChI is InChI=1S/C16H16O4S/c1-11-5-3-4-6-14(11)10-21(19,20)15-9-13(16(17)18)8-7-12(15)2/h3-9H,10H2,1-2H3,(H,17,18). The fourth-order valence-corrected chi connectivity index (χ4v) is 3.88. The Kier molecular flexibility index (Phi) is 4.14. The fourth-order valence-electron chi connectivity index (χ4n) is 2.12. The molecule has 0 amide bonds. The lowest BCUT2D eigenvalue weighted by Crippen LogP contribution is -2.09. The van der Waals surface area contributed by atoms with Gasteiger partial charge in [0.05, 0.1) is 16.2 Å². The van der Waals surface area contributed by atoms with E-state index in [-0.39, 0.29) is 16.2 Å². The van der Waals surface area contributed by atoms with Crippen molar-refractivity contribution in [2.24, 2.45) is 0 Å². The van der Waals surface area contributed by atoms with Gasteiger partial charge in [-0.3, -0.25) is 0 Å². The van der Waals surface area contributed by atoms with Crippen molar-refractivity contribution in [2.75, 3.05) is 0 Å². The number of hydrogen-bond acceptors (Lipinski definition) is 3. The molecule has 2 rings (SSSR count). The Morgan fingerprint density at radius 3 is 2.33 bits per heavy atom. The molecule has 0 unspecified atom stereocenters. The molecule has 2 aromatic carbocycles. The predicted octanol–water partition coefficient (Wildman–Crippen LogP) is 2.98. The van der Waals surface area contributed by atoms with Crippen molar-refractivity contribution in [1.82, 2.24) is 0 Å². The molecule has 4 nitrogen and oxygen atoms in total. The van der Waals surface area contributed by atoms with Gasteiger partial charge in [0.15, 0.2) is 9.84 Å². The Morgan fingerprint density at radius 2 is 1.71 bits per heavy atom. The largest absolute Gasteiger partial charge is 0.478 e. The summed E-state index contributed by atoms with van der Waals surface area (Å²) in [4.78, 5) is 11.1. The first-order valence-corrected chi connectivity index (χ1v) is 8.08. The molecule has 0 aliphatic carbocycles. The van der Waals surface area contributed by atoms with E-state index >= 15 is 0 Å². The third kappa shape index (κ3) is 3.31. The Labute approximate surface area is 124 Å². The minimum absolute atomic E-state index is 0.0241. The lowest BCUT2D eigenvalue weighted by atomic mass is 10.1. The van der Waals surface area contributed by atoms with Gasteiger partial charge in [-0.25, -0.2) is 13.2 Å². The molecule has 0 aliphatic rings. The van der Waals surface area contributed by atoms with Crippen LogP contribution in [0.25, 0.3) is 0 Å². The Morgan fingerprint density at radius 1 is 1.05 bits per heavy atom. The highest BCUT2D eigenvalue weighted by Gasteiger charge is 2.20. The molecule has 0 bridgehead atoms. The molecule has 0 aromatic heterocycles. The number of rotatable bonds is 4. The summed E-state index contributed by atoms with van der Waals surface area (Å²) in [6, 6.07) is 11.4. The summed E-state index contributed by atoms with van der Waals surface area (Å²) in [6.07, 6.45) is 0. The lowest BCUT2D eigenvalue weighted by Gasteiger charge is -2.10. The van der Waals surface area contributed by atoms with E-state index < -0.39 is 15.8 Å². The van der Waals surface area contributed by atoms with Crippen molar-refractivity contribution in [3.8, 4) is 0 Å². The number of benzene rings is 2. The van der Waals surface area contributed by atoms with Crippen LogP contribution in [0, 0.1) is 13.8 Å². The van der Waals surface area contributed by atoms with Gasteiger partial charge in [-0.15, -0.1) is 0 Å². The molecule has 0 atom stereocenters. The Hall–Kier alpha value is -2.14. The molecule has 2 aromatic rings. The minimum Gasteiger partial charge on any atom is -0.478 e. The van der Waals surface area contributed by atoms with Crippen molar-refractivity contribution < 1.29 is 18.3 Å². The Balaban J connectivity index is 2.47. The van der Waals surface area contributed by atoms with Crippen molar-refractivity contribution in [2.45, 2.75) is 24.5 Å². The van der Waals surface area contributed by atoms with Gasteiger partial charge in [0.25, 0.3) is 0 Å². The average molecular weight is 304 g/mol. The van der Waals surface area contributed by atoms with Crippen LogP contribution in [-0.4, -0.2) is 19.5 Å². The van der Waals surface area contributed by atoms with Crippen LogP contribution >= 0.6 is 0 Å². The third-order valence-electron chi connectivity index (χ3n) is 3.38. The van der Waals surface area contributed by atoms with Crippen LogP contribution in [0.15, 0.2) is 47.4 Å². The van der Waals surface area contributed by atoms with E-state index in [2.05, 4.69) is 0 Å². The number of sulfone groups is 1. The summed E-state index contributed by atoms with van der Waals surface area (Å²) in [5.41, 5.74) is 2.14. The number of hydrogen-bond donors (Lipinski definition) is 1. The molecule has 1 N–H and O–H groups in total. The minimum atomic E-state index is -3.59. The summed E-state index contributed by atoms with van der Waals surface area (Å²) < 4.78 is 25.1. The quantitative estimate of drug-likeness (QED) is 0.942. The molecular weight excluding hydrogens is 288 g/mol. The number of carboxylic acids is 1. The smallest absolute Gasteiger partial charge is 0.335 e. The Bertz CT molecular complexity index is 792. The van der Waals surface area contributed by atoms with Gasteiger partial charge in [-0.2, -0.15) is 0 Å². The monoisotopic (exact) mass is 304 g/mol. The van der Waals surface area contributed by atoms with Crippen LogP contribution in [0.2, 0.25) is 0 Å². The van der Waals surface area contributed by atoms with E-state index in [4.69, 9.17) is 5.11 Å². The van der Waals surface area contributed by atoms with Gasteiger partial charge in [0.1, 0.15) is 0 Å². The highest BCUT2D eigenvalue weighted by Crippen LogP contribution is 2.23. The summed E-state index contributed by atoms with van der Waals surface area (Å²) >= 11 is 0. The summed E-state index contributed by atoms with van der Waals surface area (Å²) in [7, 11) is -3.59. The van der Waals surface area contributed by atoms with E-state index in [1.165, 1.54) is 18.2 Å². The maximum absolute atomic E-state index is 12.6.